The second kappa shape index (κ2) is 10.8. The Balaban J connectivity index is 1.89. The van der Waals surface area contributed by atoms with Crippen LogP contribution in [0.5, 0.6) is 11.6 Å². The summed E-state index contributed by atoms with van der Waals surface area (Å²) >= 11 is 0. The summed E-state index contributed by atoms with van der Waals surface area (Å²) in [7, 11) is 1.84. The summed E-state index contributed by atoms with van der Waals surface area (Å²) in [6, 6.07) is 11.5. The molecule has 0 fully saturated rings. The maximum absolute atomic E-state index is 12.6. The molecule has 0 spiro atoms. The summed E-state index contributed by atoms with van der Waals surface area (Å²) < 4.78 is 5.78. The Bertz CT molecular complexity index is 723. The SMILES string of the molecule is CCN(CC)CCCN(C)C(=O)c1ccc(Oc2ccc(C(C)C)cc2)nc1. The molecule has 0 aliphatic heterocycles. The Morgan fingerprint density at radius 1 is 1.04 bits per heavy atom. The Hall–Kier alpha value is -2.40. The van der Waals surface area contributed by atoms with Crippen LogP contribution in [0.25, 0.3) is 0 Å². The van der Waals surface area contributed by atoms with Gasteiger partial charge in [-0.3, -0.25) is 4.79 Å². The quantitative estimate of drug-likeness (QED) is 0.591. The molecule has 2 aromatic rings. The molecule has 0 saturated heterocycles. The molecule has 0 unspecified atom stereocenters. The van der Waals surface area contributed by atoms with E-state index in [0.717, 1.165) is 38.3 Å². The minimum absolute atomic E-state index is 0.0140. The van der Waals surface area contributed by atoms with E-state index in [1.807, 2.05) is 19.2 Å². The summed E-state index contributed by atoms with van der Waals surface area (Å²) in [5.41, 5.74) is 1.85. The number of amides is 1. The van der Waals surface area contributed by atoms with E-state index in [4.69, 9.17) is 4.74 Å². The van der Waals surface area contributed by atoms with Crippen LogP contribution >= 0.6 is 0 Å². The van der Waals surface area contributed by atoms with Crippen LogP contribution in [0.3, 0.4) is 0 Å². The fourth-order valence-electron chi connectivity index (χ4n) is 3.00. The van der Waals surface area contributed by atoms with Crippen molar-refractivity contribution in [1.82, 2.24) is 14.8 Å². The minimum atomic E-state index is -0.0140. The zero-order valence-electron chi connectivity index (χ0n) is 17.8. The zero-order valence-corrected chi connectivity index (χ0v) is 17.8. The summed E-state index contributed by atoms with van der Waals surface area (Å²) in [5.74, 6) is 1.70. The molecule has 1 aromatic heterocycles. The topological polar surface area (TPSA) is 45.7 Å². The number of ether oxygens (including phenoxy) is 1. The smallest absolute Gasteiger partial charge is 0.255 e. The lowest BCUT2D eigenvalue weighted by Gasteiger charge is -2.21. The first-order chi connectivity index (χ1) is 13.4. The van der Waals surface area contributed by atoms with Crippen LogP contribution in [0.15, 0.2) is 42.6 Å². The molecular formula is C23H33N3O2. The van der Waals surface area contributed by atoms with Crippen molar-refractivity contribution in [3.8, 4) is 11.6 Å². The molecule has 1 aromatic carbocycles. The largest absolute Gasteiger partial charge is 0.439 e. The van der Waals surface area contributed by atoms with E-state index in [9.17, 15) is 4.79 Å². The fraction of sp³-hybridized carbons (Fsp3) is 0.478. The van der Waals surface area contributed by atoms with Crippen LogP contribution in [0.1, 0.15) is 56.0 Å². The monoisotopic (exact) mass is 383 g/mol. The molecule has 152 valence electrons. The molecular weight excluding hydrogens is 350 g/mol. The third-order valence-electron chi connectivity index (χ3n) is 4.96. The third kappa shape index (κ3) is 6.34. The number of pyridine rings is 1. The van der Waals surface area contributed by atoms with E-state index in [1.54, 1.807) is 23.2 Å². The maximum Gasteiger partial charge on any atom is 0.255 e. The average Bonchev–Trinajstić information content (AvgIpc) is 2.71. The number of hydrogen-bond donors (Lipinski definition) is 0. The van der Waals surface area contributed by atoms with Gasteiger partial charge < -0.3 is 14.5 Å². The number of nitrogens with zero attached hydrogens (tertiary/aromatic N) is 3. The molecule has 1 heterocycles. The van der Waals surface area contributed by atoms with Crippen LogP contribution in [-0.4, -0.2) is 53.9 Å². The van der Waals surface area contributed by atoms with E-state index in [-0.39, 0.29) is 5.91 Å². The Kier molecular flexibility index (Phi) is 8.45. The van der Waals surface area contributed by atoms with Gasteiger partial charge in [0, 0.05) is 25.9 Å². The van der Waals surface area contributed by atoms with E-state index in [0.29, 0.717) is 17.4 Å². The van der Waals surface area contributed by atoms with Crippen LogP contribution in [-0.2, 0) is 0 Å². The first kappa shape index (κ1) is 21.9. The molecule has 0 atom stereocenters. The maximum atomic E-state index is 12.6. The summed E-state index contributed by atoms with van der Waals surface area (Å²) in [4.78, 5) is 21.0. The summed E-state index contributed by atoms with van der Waals surface area (Å²) in [6.45, 7) is 12.5. The van der Waals surface area contributed by atoms with Crippen LogP contribution in [0.2, 0.25) is 0 Å². The van der Waals surface area contributed by atoms with E-state index in [2.05, 4.69) is 49.7 Å². The summed E-state index contributed by atoms with van der Waals surface area (Å²) in [6.07, 6.45) is 2.55. The van der Waals surface area contributed by atoms with Crippen molar-refractivity contribution in [1.29, 1.82) is 0 Å². The van der Waals surface area contributed by atoms with Crippen molar-refractivity contribution in [3.63, 3.8) is 0 Å². The van der Waals surface area contributed by atoms with E-state index in [1.165, 1.54) is 5.56 Å². The molecule has 2 rings (SSSR count). The lowest BCUT2D eigenvalue weighted by Crippen LogP contribution is -2.31. The van der Waals surface area contributed by atoms with Crippen molar-refractivity contribution < 1.29 is 9.53 Å². The van der Waals surface area contributed by atoms with Gasteiger partial charge in [-0.2, -0.15) is 0 Å². The van der Waals surface area contributed by atoms with Crippen molar-refractivity contribution in [2.75, 3.05) is 33.2 Å². The molecule has 0 bridgehead atoms. The van der Waals surface area contributed by atoms with Crippen LogP contribution < -0.4 is 4.74 Å². The Morgan fingerprint density at radius 2 is 1.71 bits per heavy atom. The molecule has 5 nitrogen and oxygen atoms in total. The molecule has 5 heteroatoms. The second-order valence-electron chi connectivity index (χ2n) is 7.32. The number of carbonyl (C=O) groups is 1. The van der Waals surface area contributed by atoms with Crippen LogP contribution in [0, 0.1) is 0 Å². The number of hydrogen-bond acceptors (Lipinski definition) is 4. The molecule has 1 amide bonds. The lowest BCUT2D eigenvalue weighted by atomic mass is 10.0. The van der Waals surface area contributed by atoms with Gasteiger partial charge in [-0.05, 0) is 55.7 Å². The third-order valence-corrected chi connectivity index (χ3v) is 4.96. The molecule has 0 aliphatic carbocycles. The fourth-order valence-corrected chi connectivity index (χ4v) is 3.00. The van der Waals surface area contributed by atoms with Gasteiger partial charge in [-0.15, -0.1) is 0 Å². The average molecular weight is 384 g/mol. The highest BCUT2D eigenvalue weighted by Gasteiger charge is 2.13. The van der Waals surface area contributed by atoms with Gasteiger partial charge in [-0.1, -0.05) is 39.8 Å². The number of carbonyl (C=O) groups excluding carboxylic acids is 1. The highest BCUT2D eigenvalue weighted by atomic mass is 16.5. The number of benzene rings is 1. The van der Waals surface area contributed by atoms with E-state index < -0.39 is 0 Å². The van der Waals surface area contributed by atoms with E-state index >= 15 is 0 Å². The van der Waals surface area contributed by atoms with Gasteiger partial charge in [-0.25, -0.2) is 4.98 Å². The van der Waals surface area contributed by atoms with Crippen molar-refractivity contribution in [2.24, 2.45) is 0 Å². The predicted molar refractivity (Wildman–Crippen MR) is 114 cm³/mol. The Morgan fingerprint density at radius 3 is 2.25 bits per heavy atom. The van der Waals surface area contributed by atoms with Gasteiger partial charge in [0.25, 0.3) is 5.91 Å². The van der Waals surface area contributed by atoms with Gasteiger partial charge in [0.15, 0.2) is 0 Å². The first-order valence-corrected chi connectivity index (χ1v) is 10.2. The summed E-state index contributed by atoms with van der Waals surface area (Å²) in [5, 5.41) is 0. The number of rotatable bonds is 10. The Labute approximate surface area is 169 Å². The van der Waals surface area contributed by atoms with Crippen LogP contribution in [0.4, 0.5) is 0 Å². The molecule has 0 radical (unpaired) electrons. The lowest BCUT2D eigenvalue weighted by molar-refractivity contribution is 0.0788. The van der Waals surface area contributed by atoms with Crippen molar-refractivity contribution in [3.05, 3.63) is 53.7 Å². The molecule has 0 saturated carbocycles. The number of aromatic nitrogens is 1. The predicted octanol–water partition coefficient (Wildman–Crippen LogP) is 4.80. The normalized spacial score (nSPS) is 11.1. The molecule has 28 heavy (non-hydrogen) atoms. The standard InChI is InChI=1S/C23H33N3O2/c1-6-26(7-2)16-8-15-25(5)23(27)20-11-14-22(24-17-20)28-21-12-9-19(10-13-21)18(3)4/h9-14,17-18H,6-8,15-16H2,1-5H3. The zero-order chi connectivity index (χ0) is 20.5. The van der Waals surface area contributed by atoms with Gasteiger partial charge in [0.1, 0.15) is 5.75 Å². The van der Waals surface area contributed by atoms with Gasteiger partial charge in [0.2, 0.25) is 5.88 Å². The van der Waals surface area contributed by atoms with Gasteiger partial charge >= 0.3 is 0 Å². The van der Waals surface area contributed by atoms with Crippen molar-refractivity contribution >= 4 is 5.91 Å². The molecule has 0 N–H and O–H groups in total. The second-order valence-corrected chi connectivity index (χ2v) is 7.32. The molecule has 0 aliphatic rings. The van der Waals surface area contributed by atoms with Gasteiger partial charge in [0.05, 0.1) is 5.56 Å². The highest BCUT2D eigenvalue weighted by molar-refractivity contribution is 5.93. The van der Waals surface area contributed by atoms with Crippen molar-refractivity contribution in [2.45, 2.75) is 40.0 Å². The first-order valence-electron chi connectivity index (χ1n) is 10.2. The highest BCUT2D eigenvalue weighted by Crippen LogP contribution is 2.23. The minimum Gasteiger partial charge on any atom is -0.439 e.